The van der Waals surface area contributed by atoms with Crippen molar-refractivity contribution < 1.29 is 13.2 Å². The number of fused-ring (bicyclic) bond motifs is 1. The third-order valence-corrected chi connectivity index (χ3v) is 7.86. The van der Waals surface area contributed by atoms with E-state index < -0.39 is 9.84 Å². The van der Waals surface area contributed by atoms with Crippen LogP contribution in [0.1, 0.15) is 28.0 Å². The molecule has 0 unspecified atom stereocenters. The maximum atomic E-state index is 12.7. The fourth-order valence-corrected chi connectivity index (χ4v) is 5.84. The molecular formula is C25H25N3O3S2. The molecule has 2 aromatic carbocycles. The van der Waals surface area contributed by atoms with E-state index in [4.69, 9.17) is 0 Å². The number of sulfone groups is 1. The first-order chi connectivity index (χ1) is 16.0. The van der Waals surface area contributed by atoms with E-state index in [1.54, 1.807) is 30.0 Å². The summed E-state index contributed by atoms with van der Waals surface area (Å²) < 4.78 is 26.6. The lowest BCUT2D eigenvalue weighted by Gasteiger charge is -2.10. The van der Waals surface area contributed by atoms with Crippen LogP contribution >= 0.6 is 11.8 Å². The summed E-state index contributed by atoms with van der Waals surface area (Å²) >= 11 is 1.56. The van der Waals surface area contributed by atoms with Crippen LogP contribution < -0.4 is 5.32 Å². The predicted molar refractivity (Wildman–Crippen MR) is 132 cm³/mol. The van der Waals surface area contributed by atoms with Crippen LogP contribution in [-0.2, 0) is 21.3 Å². The molecule has 0 aliphatic carbocycles. The first-order valence-corrected chi connectivity index (χ1v) is 13.5. The van der Waals surface area contributed by atoms with Gasteiger partial charge in [0.25, 0.3) is 5.91 Å². The predicted octanol–water partition coefficient (Wildman–Crippen LogP) is 4.36. The summed E-state index contributed by atoms with van der Waals surface area (Å²) in [4.78, 5) is 18.2. The van der Waals surface area contributed by atoms with Gasteiger partial charge in [-0.3, -0.25) is 4.79 Å². The Labute approximate surface area is 198 Å². The second-order valence-electron chi connectivity index (χ2n) is 7.67. The van der Waals surface area contributed by atoms with E-state index in [9.17, 15) is 13.2 Å². The number of aromatic nitrogens is 2. The normalized spacial score (nSPS) is 11.5. The lowest BCUT2D eigenvalue weighted by molar-refractivity contribution is 0.0950. The van der Waals surface area contributed by atoms with Crippen LogP contribution in [0, 0.1) is 0 Å². The van der Waals surface area contributed by atoms with Gasteiger partial charge in [-0.05, 0) is 36.2 Å². The molecule has 8 heteroatoms. The highest BCUT2D eigenvalue weighted by molar-refractivity contribution is 7.98. The van der Waals surface area contributed by atoms with Crippen molar-refractivity contribution in [2.45, 2.75) is 22.8 Å². The van der Waals surface area contributed by atoms with Gasteiger partial charge < -0.3 is 9.72 Å². The summed E-state index contributed by atoms with van der Waals surface area (Å²) in [7, 11) is -3.22. The molecule has 0 aliphatic heterocycles. The molecule has 4 rings (SSSR count). The second kappa shape index (κ2) is 10.7. The highest BCUT2D eigenvalue weighted by atomic mass is 32.2. The quantitative estimate of drug-likeness (QED) is 0.270. The molecule has 0 fully saturated rings. The highest BCUT2D eigenvalue weighted by Crippen LogP contribution is 2.26. The summed E-state index contributed by atoms with van der Waals surface area (Å²) in [6, 6.07) is 22.4. The van der Waals surface area contributed by atoms with Gasteiger partial charge in [0.1, 0.15) is 5.65 Å². The maximum Gasteiger partial charge on any atom is 0.252 e. The fraction of sp³-hybridized carbons (Fsp3) is 0.200. The number of benzene rings is 2. The number of rotatable bonds is 10. The Morgan fingerprint density at radius 1 is 0.970 bits per heavy atom. The topological polar surface area (TPSA) is 80.5 Å². The van der Waals surface area contributed by atoms with Crippen LogP contribution in [0.3, 0.4) is 0 Å². The van der Waals surface area contributed by atoms with E-state index in [1.165, 1.54) is 0 Å². The van der Waals surface area contributed by atoms with Crippen LogP contribution in [0.15, 0.2) is 90.1 Å². The van der Waals surface area contributed by atoms with Gasteiger partial charge in [0.15, 0.2) is 9.84 Å². The van der Waals surface area contributed by atoms with Crippen molar-refractivity contribution in [3.63, 3.8) is 0 Å². The van der Waals surface area contributed by atoms with Crippen molar-refractivity contribution in [1.29, 1.82) is 0 Å². The lowest BCUT2D eigenvalue weighted by Crippen LogP contribution is -2.26. The first kappa shape index (κ1) is 23.1. The van der Waals surface area contributed by atoms with Crippen LogP contribution in [0.5, 0.6) is 0 Å². The van der Waals surface area contributed by atoms with Crippen molar-refractivity contribution in [2.24, 2.45) is 0 Å². The Morgan fingerprint density at radius 2 is 1.73 bits per heavy atom. The minimum absolute atomic E-state index is 0.0182. The average molecular weight is 480 g/mol. The first-order valence-electron chi connectivity index (χ1n) is 10.7. The Hall–Kier alpha value is -3.10. The number of imidazole rings is 1. The minimum atomic E-state index is -3.22. The monoisotopic (exact) mass is 479 g/mol. The van der Waals surface area contributed by atoms with Crippen molar-refractivity contribution in [3.8, 4) is 0 Å². The summed E-state index contributed by atoms with van der Waals surface area (Å²) in [5, 5.41) is 2.86. The standard InChI is InChI=1S/C25H25N3O3S2/c29-25(26-14-8-16-33(30,31)19-20-9-2-1-3-10-20)22-11-4-5-12-23(22)32-18-21-17-28-15-7-6-13-24(28)27-21/h1-7,9-13,15,17H,8,14,16,18-19H2,(H,26,29). The summed E-state index contributed by atoms with van der Waals surface area (Å²) in [6.07, 6.45) is 4.32. The molecule has 170 valence electrons. The molecule has 1 amide bonds. The Balaban J connectivity index is 1.29. The van der Waals surface area contributed by atoms with Crippen LogP contribution in [-0.4, -0.2) is 36.0 Å². The van der Waals surface area contributed by atoms with E-state index in [-0.39, 0.29) is 17.4 Å². The van der Waals surface area contributed by atoms with Gasteiger partial charge >= 0.3 is 0 Å². The average Bonchev–Trinajstić information content (AvgIpc) is 3.24. The van der Waals surface area contributed by atoms with Crippen LogP contribution in [0.4, 0.5) is 0 Å². The number of thioether (sulfide) groups is 1. The van der Waals surface area contributed by atoms with E-state index in [1.807, 2.05) is 71.4 Å². The van der Waals surface area contributed by atoms with Gasteiger partial charge in [-0.2, -0.15) is 0 Å². The molecule has 2 aromatic heterocycles. The second-order valence-corrected chi connectivity index (χ2v) is 10.9. The zero-order valence-corrected chi connectivity index (χ0v) is 19.7. The number of carbonyl (C=O) groups is 1. The summed E-state index contributed by atoms with van der Waals surface area (Å²) in [6.45, 7) is 0.304. The van der Waals surface area contributed by atoms with Gasteiger partial charge in [-0.25, -0.2) is 13.4 Å². The van der Waals surface area contributed by atoms with Gasteiger partial charge in [-0.15, -0.1) is 11.8 Å². The largest absolute Gasteiger partial charge is 0.352 e. The molecule has 0 saturated carbocycles. The molecule has 0 radical (unpaired) electrons. The molecule has 4 aromatic rings. The summed E-state index contributed by atoms with van der Waals surface area (Å²) in [5.41, 5.74) is 3.18. The van der Waals surface area contributed by atoms with Crippen molar-refractivity contribution >= 4 is 33.2 Å². The molecule has 0 atom stereocenters. The van der Waals surface area contributed by atoms with Gasteiger partial charge in [-0.1, -0.05) is 48.5 Å². The van der Waals surface area contributed by atoms with E-state index in [0.717, 1.165) is 21.8 Å². The third kappa shape index (κ3) is 6.46. The fourth-order valence-electron chi connectivity index (χ4n) is 3.48. The van der Waals surface area contributed by atoms with Gasteiger partial charge in [0.05, 0.1) is 22.8 Å². The molecule has 0 spiro atoms. The molecule has 0 bridgehead atoms. The van der Waals surface area contributed by atoms with Crippen molar-refractivity contribution in [2.75, 3.05) is 12.3 Å². The Kier molecular flexibility index (Phi) is 7.47. The number of hydrogen-bond donors (Lipinski definition) is 1. The maximum absolute atomic E-state index is 12.7. The van der Waals surface area contributed by atoms with Gasteiger partial charge in [0.2, 0.25) is 0 Å². The number of pyridine rings is 1. The van der Waals surface area contributed by atoms with E-state index in [0.29, 0.717) is 24.3 Å². The van der Waals surface area contributed by atoms with E-state index in [2.05, 4.69) is 10.3 Å². The SMILES string of the molecule is O=C(NCCCS(=O)(=O)Cc1ccccc1)c1ccccc1SCc1cn2ccccc2n1. The Bertz CT molecular complexity index is 1300. The zero-order valence-electron chi connectivity index (χ0n) is 18.1. The number of hydrogen-bond acceptors (Lipinski definition) is 5. The number of nitrogens with zero attached hydrogens (tertiary/aromatic N) is 2. The molecule has 33 heavy (non-hydrogen) atoms. The van der Waals surface area contributed by atoms with Crippen LogP contribution in [0.25, 0.3) is 5.65 Å². The minimum Gasteiger partial charge on any atom is -0.352 e. The van der Waals surface area contributed by atoms with Crippen LogP contribution in [0.2, 0.25) is 0 Å². The van der Waals surface area contributed by atoms with Crippen molar-refractivity contribution in [3.05, 3.63) is 102 Å². The zero-order chi connectivity index (χ0) is 23.1. The smallest absolute Gasteiger partial charge is 0.252 e. The van der Waals surface area contributed by atoms with Gasteiger partial charge in [0, 0.05) is 29.6 Å². The molecule has 2 heterocycles. The number of amides is 1. The number of carbonyl (C=O) groups excluding carboxylic acids is 1. The van der Waals surface area contributed by atoms with Crippen molar-refractivity contribution in [1.82, 2.24) is 14.7 Å². The molecule has 1 N–H and O–H groups in total. The number of nitrogens with one attached hydrogen (secondary N) is 1. The Morgan fingerprint density at radius 3 is 2.55 bits per heavy atom. The third-order valence-electron chi connectivity index (χ3n) is 5.07. The molecule has 0 saturated heterocycles. The highest BCUT2D eigenvalue weighted by Gasteiger charge is 2.14. The summed E-state index contributed by atoms with van der Waals surface area (Å²) in [5.74, 6) is 0.495. The molecule has 6 nitrogen and oxygen atoms in total. The molecular weight excluding hydrogens is 454 g/mol. The van der Waals surface area contributed by atoms with E-state index >= 15 is 0 Å². The molecule has 0 aliphatic rings. The lowest BCUT2D eigenvalue weighted by atomic mass is 10.2.